The maximum Gasteiger partial charge on any atom is 0.0600 e. The van der Waals surface area contributed by atoms with Crippen LogP contribution in [0.4, 0.5) is 11.4 Å². The Balaban J connectivity index is 1.83. The minimum absolute atomic E-state index is 0.706. The van der Waals surface area contributed by atoms with Gasteiger partial charge in [-0.1, -0.05) is 6.07 Å². The van der Waals surface area contributed by atoms with E-state index >= 15 is 0 Å². The van der Waals surface area contributed by atoms with Gasteiger partial charge in [-0.25, -0.2) is 0 Å². The Morgan fingerprint density at radius 2 is 2.00 bits per heavy atom. The monoisotopic (exact) mass is 188 g/mol. The Hall–Kier alpha value is -1.18. The van der Waals surface area contributed by atoms with E-state index in [1.165, 1.54) is 37.2 Å². The Morgan fingerprint density at radius 1 is 1.29 bits per heavy atom. The predicted molar refractivity (Wildman–Crippen MR) is 59.5 cm³/mol. The second kappa shape index (κ2) is 2.44. The van der Waals surface area contributed by atoms with E-state index in [1.54, 1.807) is 0 Å². The van der Waals surface area contributed by atoms with Crippen LogP contribution < -0.4 is 10.6 Å². The SMILES string of the molecule is Cc1ccc(N2CC3(CC3)C2)c(N)c1. The highest BCUT2D eigenvalue weighted by Crippen LogP contribution is 2.54. The lowest BCUT2D eigenvalue weighted by molar-refractivity contribution is 0.388. The van der Waals surface area contributed by atoms with Crippen LogP contribution in [0.5, 0.6) is 0 Å². The highest BCUT2D eigenvalue weighted by molar-refractivity contribution is 5.70. The van der Waals surface area contributed by atoms with E-state index < -0.39 is 0 Å². The van der Waals surface area contributed by atoms with Crippen LogP contribution in [0, 0.1) is 12.3 Å². The lowest BCUT2D eigenvalue weighted by Gasteiger charge is -2.42. The lowest BCUT2D eigenvalue weighted by atomic mass is 9.95. The van der Waals surface area contributed by atoms with Gasteiger partial charge in [0.1, 0.15) is 0 Å². The molecule has 0 atom stereocenters. The van der Waals surface area contributed by atoms with E-state index in [-0.39, 0.29) is 0 Å². The molecule has 0 aromatic heterocycles. The van der Waals surface area contributed by atoms with Crippen molar-refractivity contribution < 1.29 is 0 Å². The van der Waals surface area contributed by atoms with Crippen LogP contribution in [0.25, 0.3) is 0 Å². The highest BCUT2D eigenvalue weighted by atomic mass is 15.2. The summed E-state index contributed by atoms with van der Waals surface area (Å²) in [6.07, 6.45) is 2.85. The van der Waals surface area contributed by atoms with Crippen LogP contribution >= 0.6 is 0 Å². The topological polar surface area (TPSA) is 29.3 Å². The molecule has 1 aromatic carbocycles. The van der Waals surface area contributed by atoms with E-state index in [0.29, 0.717) is 5.41 Å². The van der Waals surface area contributed by atoms with Crippen molar-refractivity contribution >= 4 is 11.4 Å². The Morgan fingerprint density at radius 3 is 2.57 bits per heavy atom. The van der Waals surface area contributed by atoms with Crippen molar-refractivity contribution in [3.05, 3.63) is 23.8 Å². The van der Waals surface area contributed by atoms with E-state index in [0.717, 1.165) is 5.69 Å². The number of nitrogens with zero attached hydrogens (tertiary/aromatic N) is 1. The molecule has 2 heteroatoms. The lowest BCUT2D eigenvalue weighted by Crippen LogP contribution is -2.48. The molecule has 14 heavy (non-hydrogen) atoms. The maximum atomic E-state index is 6.00. The zero-order chi connectivity index (χ0) is 9.76. The van der Waals surface area contributed by atoms with Crippen molar-refractivity contribution in [2.75, 3.05) is 23.7 Å². The molecule has 2 fully saturated rings. The van der Waals surface area contributed by atoms with Gasteiger partial charge in [0.25, 0.3) is 0 Å². The predicted octanol–water partition coefficient (Wildman–Crippen LogP) is 2.18. The Bertz CT molecular complexity index is 372. The first-order chi connectivity index (χ1) is 6.69. The van der Waals surface area contributed by atoms with Crippen LogP contribution in [0.1, 0.15) is 18.4 Å². The number of anilines is 2. The van der Waals surface area contributed by atoms with Gasteiger partial charge >= 0.3 is 0 Å². The summed E-state index contributed by atoms with van der Waals surface area (Å²) in [7, 11) is 0. The Kier molecular flexibility index (Phi) is 1.42. The third-order valence-electron chi connectivity index (χ3n) is 3.53. The summed E-state index contributed by atoms with van der Waals surface area (Å²) in [5.74, 6) is 0. The van der Waals surface area contributed by atoms with Gasteiger partial charge in [-0.05, 0) is 37.5 Å². The summed E-state index contributed by atoms with van der Waals surface area (Å²) < 4.78 is 0. The average molecular weight is 188 g/mol. The molecule has 0 amide bonds. The number of nitrogen functional groups attached to an aromatic ring is 1. The minimum Gasteiger partial charge on any atom is -0.397 e. The normalized spacial score (nSPS) is 22.2. The van der Waals surface area contributed by atoms with Crippen molar-refractivity contribution in [3.63, 3.8) is 0 Å². The van der Waals surface area contributed by atoms with Crippen molar-refractivity contribution in [1.82, 2.24) is 0 Å². The fraction of sp³-hybridized carbons (Fsp3) is 0.500. The standard InChI is InChI=1S/C12H16N2/c1-9-2-3-11(10(13)6-9)14-7-12(8-14)4-5-12/h2-3,6H,4-5,7-8,13H2,1H3. The molecule has 1 saturated carbocycles. The zero-order valence-electron chi connectivity index (χ0n) is 8.59. The van der Waals surface area contributed by atoms with Crippen LogP contribution in [0.3, 0.4) is 0 Å². The second-order valence-electron chi connectivity index (χ2n) is 4.92. The number of rotatable bonds is 1. The van der Waals surface area contributed by atoms with Gasteiger partial charge in [0.15, 0.2) is 0 Å². The van der Waals surface area contributed by atoms with Crippen molar-refractivity contribution in [2.45, 2.75) is 19.8 Å². The summed E-state index contributed by atoms with van der Waals surface area (Å²) in [6.45, 7) is 4.53. The summed E-state index contributed by atoms with van der Waals surface area (Å²) >= 11 is 0. The number of hydrogen-bond acceptors (Lipinski definition) is 2. The molecule has 1 spiro atoms. The van der Waals surface area contributed by atoms with E-state index in [2.05, 4.69) is 30.0 Å². The minimum atomic E-state index is 0.706. The van der Waals surface area contributed by atoms with E-state index in [1.807, 2.05) is 0 Å². The Labute approximate surface area is 84.7 Å². The van der Waals surface area contributed by atoms with Crippen molar-refractivity contribution in [3.8, 4) is 0 Å². The molecule has 74 valence electrons. The molecular formula is C12H16N2. The maximum absolute atomic E-state index is 6.00. The van der Waals surface area contributed by atoms with Gasteiger partial charge in [0.05, 0.1) is 11.4 Å². The molecule has 1 saturated heterocycles. The van der Waals surface area contributed by atoms with Crippen molar-refractivity contribution in [2.24, 2.45) is 5.41 Å². The number of hydrogen-bond donors (Lipinski definition) is 1. The average Bonchev–Trinajstić information content (AvgIpc) is 2.81. The first-order valence-corrected chi connectivity index (χ1v) is 5.30. The molecule has 0 radical (unpaired) electrons. The molecule has 0 unspecified atom stereocenters. The molecule has 1 aliphatic heterocycles. The molecule has 2 nitrogen and oxygen atoms in total. The summed E-state index contributed by atoms with van der Waals surface area (Å²) in [5.41, 5.74) is 10.1. The summed E-state index contributed by atoms with van der Waals surface area (Å²) in [4.78, 5) is 2.40. The molecule has 1 aromatic rings. The van der Waals surface area contributed by atoms with Crippen LogP contribution in [-0.4, -0.2) is 13.1 Å². The van der Waals surface area contributed by atoms with E-state index in [9.17, 15) is 0 Å². The first kappa shape index (κ1) is 8.16. The molecule has 1 heterocycles. The molecular weight excluding hydrogens is 172 g/mol. The number of nitrogens with two attached hydrogens (primary N) is 1. The van der Waals surface area contributed by atoms with Crippen LogP contribution in [-0.2, 0) is 0 Å². The fourth-order valence-electron chi connectivity index (χ4n) is 2.39. The van der Waals surface area contributed by atoms with Gasteiger partial charge in [-0.2, -0.15) is 0 Å². The largest absolute Gasteiger partial charge is 0.397 e. The molecule has 1 aliphatic carbocycles. The smallest absolute Gasteiger partial charge is 0.0600 e. The molecule has 3 rings (SSSR count). The first-order valence-electron chi connectivity index (χ1n) is 5.30. The van der Waals surface area contributed by atoms with Gasteiger partial charge in [0.2, 0.25) is 0 Å². The number of benzene rings is 1. The molecule has 2 N–H and O–H groups in total. The quantitative estimate of drug-likeness (QED) is 0.684. The third kappa shape index (κ3) is 1.10. The van der Waals surface area contributed by atoms with Crippen LogP contribution in [0.2, 0.25) is 0 Å². The third-order valence-corrected chi connectivity index (χ3v) is 3.53. The van der Waals surface area contributed by atoms with Gasteiger partial charge < -0.3 is 10.6 Å². The molecule has 0 bridgehead atoms. The number of aryl methyl sites for hydroxylation is 1. The van der Waals surface area contributed by atoms with Gasteiger partial charge in [-0.15, -0.1) is 0 Å². The fourth-order valence-corrected chi connectivity index (χ4v) is 2.39. The van der Waals surface area contributed by atoms with Gasteiger partial charge in [0, 0.05) is 18.5 Å². The highest BCUT2D eigenvalue weighted by Gasteiger charge is 2.52. The second-order valence-corrected chi connectivity index (χ2v) is 4.92. The van der Waals surface area contributed by atoms with E-state index in [4.69, 9.17) is 5.73 Å². The summed E-state index contributed by atoms with van der Waals surface area (Å²) in [6, 6.07) is 6.36. The van der Waals surface area contributed by atoms with Gasteiger partial charge in [-0.3, -0.25) is 0 Å². The molecule has 2 aliphatic rings. The van der Waals surface area contributed by atoms with Crippen molar-refractivity contribution in [1.29, 1.82) is 0 Å². The van der Waals surface area contributed by atoms with Crippen LogP contribution in [0.15, 0.2) is 18.2 Å². The zero-order valence-corrected chi connectivity index (χ0v) is 8.59. The summed E-state index contributed by atoms with van der Waals surface area (Å²) in [5, 5.41) is 0.